The SMILES string of the molecule is CC/C=C\C/C=C\C/C=C\C/C=C\C/C=C\CCCCCC(=O)OC[C@H](COP(=O)(O)OC[C@@H](O)COP(=O)(O)OC[C@@H](COC(=O)CC/C=C\C/C=C\C/C=C\C/C=C\C/C=C\CCCCC)OC(=O)CCCCCCCCC/C=C\CCCCCC)OC(=O)CCCCCCC/C=C\CCCCCCCC. The highest BCUT2D eigenvalue weighted by atomic mass is 31.2. The molecule has 0 aromatic heterocycles. The number of hydrogen-bond acceptors (Lipinski definition) is 15. The smallest absolute Gasteiger partial charge is 0.462 e. The molecule has 0 aliphatic rings. The van der Waals surface area contributed by atoms with Gasteiger partial charge in [0.1, 0.15) is 19.3 Å². The Bertz CT molecular complexity index is 2610. The standard InChI is InChI=1S/C89H150O17P2/c1-5-9-13-17-21-25-29-33-37-39-41-43-47-49-53-57-61-65-69-73-86(91)99-79-84(105-88(93)75-71-67-63-59-55-51-45-35-31-27-23-19-15-11-7-3)81-103-107(95,96)101-77-83(90)78-102-108(97,98)104-82-85(106-89(94)76-72-68-64-60-56-52-46-36-32-28-24-20-16-12-8-4)80-100-87(92)74-70-66-62-58-54-50-48-44-42-40-38-34-30-26-22-18-14-10-6-2/h9,13,21-22,25-26,28,32-35,37-38,41-45,49-50,53-54,62,66,83-85,90H,5-8,10-12,14-20,23-24,27,29-31,36,39-40,46-48,51-52,55-61,63-65,67-82H2,1-4H3,(H,95,96)(H,97,98)/b13-9-,25-21-,26-22-,32-28-,37-33-,38-34-,43-41-,44-42-,45-35-,53-49-,54-50-,66-62-/t83-,84-,85-/m1/s1. The van der Waals surface area contributed by atoms with Crippen LogP contribution in [0.15, 0.2) is 146 Å². The number of carbonyl (C=O) groups is 4. The number of rotatable bonds is 78. The van der Waals surface area contributed by atoms with Crippen LogP contribution in [0, 0.1) is 0 Å². The molecule has 0 aliphatic carbocycles. The molecule has 0 aliphatic heterocycles. The van der Waals surface area contributed by atoms with Crippen LogP contribution in [-0.2, 0) is 65.4 Å². The first kappa shape index (κ1) is 103. The molecule has 0 aromatic rings. The van der Waals surface area contributed by atoms with Gasteiger partial charge in [0.2, 0.25) is 0 Å². The average Bonchev–Trinajstić information content (AvgIpc) is 0.923. The first-order valence-corrected chi connectivity index (χ1v) is 45.1. The van der Waals surface area contributed by atoms with Crippen LogP contribution in [-0.4, -0.2) is 96.7 Å². The maximum atomic E-state index is 13.1. The third-order valence-electron chi connectivity index (χ3n) is 17.3. The predicted octanol–water partition coefficient (Wildman–Crippen LogP) is 25.0. The molecule has 0 aromatic carbocycles. The number of unbranched alkanes of at least 4 members (excludes halogenated alkanes) is 28. The summed E-state index contributed by atoms with van der Waals surface area (Å²) in [7, 11) is -10.0. The zero-order valence-electron chi connectivity index (χ0n) is 67.7. The second-order valence-corrected chi connectivity index (χ2v) is 30.6. The minimum Gasteiger partial charge on any atom is -0.462 e. The van der Waals surface area contributed by atoms with E-state index in [-0.39, 0.29) is 25.7 Å². The molecule has 0 fully saturated rings. The van der Waals surface area contributed by atoms with Crippen LogP contribution in [0.4, 0.5) is 0 Å². The van der Waals surface area contributed by atoms with Crippen molar-refractivity contribution in [3.8, 4) is 0 Å². The Morgan fingerprint density at radius 1 is 0.269 bits per heavy atom. The lowest BCUT2D eigenvalue weighted by Gasteiger charge is -2.21. The van der Waals surface area contributed by atoms with Crippen LogP contribution >= 0.6 is 15.6 Å². The van der Waals surface area contributed by atoms with E-state index in [9.17, 15) is 43.2 Å². The first-order valence-electron chi connectivity index (χ1n) is 42.1. The van der Waals surface area contributed by atoms with Gasteiger partial charge in [0.25, 0.3) is 0 Å². The molecule has 19 heteroatoms. The van der Waals surface area contributed by atoms with Crippen LogP contribution in [0.2, 0.25) is 0 Å². The van der Waals surface area contributed by atoms with Gasteiger partial charge in [-0.25, -0.2) is 9.13 Å². The van der Waals surface area contributed by atoms with E-state index in [2.05, 4.69) is 161 Å². The normalized spacial score (nSPS) is 14.5. The van der Waals surface area contributed by atoms with Crippen molar-refractivity contribution in [1.82, 2.24) is 0 Å². The number of hydrogen-bond donors (Lipinski definition) is 3. The largest absolute Gasteiger partial charge is 0.472 e. The molecule has 0 saturated heterocycles. The van der Waals surface area contributed by atoms with Crippen molar-refractivity contribution in [3.63, 3.8) is 0 Å². The third kappa shape index (κ3) is 79.0. The minimum atomic E-state index is -5.00. The summed E-state index contributed by atoms with van der Waals surface area (Å²) >= 11 is 0. The zero-order chi connectivity index (χ0) is 78.9. The highest BCUT2D eigenvalue weighted by Crippen LogP contribution is 2.45. The molecule has 0 spiro atoms. The van der Waals surface area contributed by atoms with Gasteiger partial charge in [0.15, 0.2) is 12.2 Å². The van der Waals surface area contributed by atoms with Gasteiger partial charge >= 0.3 is 39.5 Å². The summed E-state index contributed by atoms with van der Waals surface area (Å²) in [6.07, 6.45) is 92.5. The van der Waals surface area contributed by atoms with Gasteiger partial charge in [-0.3, -0.25) is 37.3 Å². The van der Waals surface area contributed by atoms with E-state index in [1.165, 1.54) is 83.5 Å². The van der Waals surface area contributed by atoms with E-state index < -0.39 is 97.5 Å². The van der Waals surface area contributed by atoms with Crippen molar-refractivity contribution in [2.24, 2.45) is 0 Å². The van der Waals surface area contributed by atoms with Crippen molar-refractivity contribution in [1.29, 1.82) is 0 Å². The van der Waals surface area contributed by atoms with Gasteiger partial charge in [-0.15, -0.1) is 0 Å². The molecule has 0 amide bonds. The lowest BCUT2D eigenvalue weighted by atomic mass is 10.1. The molecular formula is C89H150O17P2. The summed E-state index contributed by atoms with van der Waals surface area (Å²) in [4.78, 5) is 73.1. The van der Waals surface area contributed by atoms with Gasteiger partial charge in [-0.2, -0.15) is 0 Å². The molecule has 0 rings (SSSR count). The summed E-state index contributed by atoms with van der Waals surface area (Å²) in [5, 5.41) is 10.7. The maximum absolute atomic E-state index is 13.1. The Labute approximate surface area is 656 Å². The van der Waals surface area contributed by atoms with Crippen molar-refractivity contribution in [2.45, 2.75) is 354 Å². The molecule has 0 saturated carbocycles. The number of carbonyl (C=O) groups excluding carboxylic acids is 4. The molecule has 618 valence electrons. The number of aliphatic hydroxyl groups excluding tert-OH is 1. The molecule has 3 N–H and O–H groups in total. The van der Waals surface area contributed by atoms with E-state index in [1.54, 1.807) is 0 Å². The van der Waals surface area contributed by atoms with Crippen molar-refractivity contribution < 1.29 is 80.2 Å². The van der Waals surface area contributed by atoms with E-state index in [0.29, 0.717) is 32.1 Å². The van der Waals surface area contributed by atoms with Crippen LogP contribution < -0.4 is 0 Å². The molecule has 108 heavy (non-hydrogen) atoms. The highest BCUT2D eigenvalue weighted by Gasteiger charge is 2.30. The van der Waals surface area contributed by atoms with Crippen LogP contribution in [0.5, 0.6) is 0 Å². The van der Waals surface area contributed by atoms with E-state index in [1.807, 2.05) is 12.2 Å². The Hall–Kier alpha value is -5.06. The summed E-state index contributed by atoms with van der Waals surface area (Å²) in [5.41, 5.74) is 0. The number of allylic oxidation sites excluding steroid dienone is 24. The summed E-state index contributed by atoms with van der Waals surface area (Å²) in [5.74, 6) is -2.32. The van der Waals surface area contributed by atoms with Gasteiger partial charge in [0, 0.05) is 25.7 Å². The van der Waals surface area contributed by atoms with E-state index in [0.717, 1.165) is 167 Å². The molecule has 0 bridgehead atoms. The Morgan fingerprint density at radius 3 is 0.843 bits per heavy atom. The summed E-state index contributed by atoms with van der Waals surface area (Å²) < 4.78 is 68.6. The molecule has 17 nitrogen and oxygen atoms in total. The number of aliphatic hydroxyl groups is 1. The Morgan fingerprint density at radius 2 is 0.500 bits per heavy atom. The first-order chi connectivity index (χ1) is 52.7. The van der Waals surface area contributed by atoms with Gasteiger partial charge in [-0.1, -0.05) is 296 Å². The second kappa shape index (κ2) is 80.0. The molecular weight excluding hydrogens is 1400 g/mol. The van der Waals surface area contributed by atoms with Crippen molar-refractivity contribution in [3.05, 3.63) is 146 Å². The lowest BCUT2D eigenvalue weighted by Crippen LogP contribution is -2.30. The number of phosphoric acid groups is 2. The fourth-order valence-corrected chi connectivity index (χ4v) is 12.4. The maximum Gasteiger partial charge on any atom is 0.472 e. The number of esters is 4. The molecule has 0 heterocycles. The van der Waals surface area contributed by atoms with Gasteiger partial charge in [0.05, 0.1) is 26.4 Å². The Balaban J connectivity index is 5.47. The van der Waals surface area contributed by atoms with E-state index >= 15 is 0 Å². The second-order valence-electron chi connectivity index (χ2n) is 27.7. The van der Waals surface area contributed by atoms with Crippen molar-refractivity contribution in [2.75, 3.05) is 39.6 Å². The fraction of sp³-hybridized carbons (Fsp3) is 0.685. The lowest BCUT2D eigenvalue weighted by molar-refractivity contribution is -0.161. The van der Waals surface area contributed by atoms with Gasteiger partial charge < -0.3 is 33.8 Å². The van der Waals surface area contributed by atoms with Gasteiger partial charge in [-0.05, 0) is 161 Å². The Kier molecular flexibility index (Phi) is 76.3. The third-order valence-corrected chi connectivity index (χ3v) is 19.2. The monoisotopic (exact) mass is 1550 g/mol. The number of ether oxygens (including phenoxy) is 4. The highest BCUT2D eigenvalue weighted by molar-refractivity contribution is 7.47. The predicted molar refractivity (Wildman–Crippen MR) is 445 cm³/mol. The topological polar surface area (TPSA) is 237 Å². The van der Waals surface area contributed by atoms with Crippen LogP contribution in [0.1, 0.15) is 336 Å². The number of phosphoric ester groups is 2. The minimum absolute atomic E-state index is 0.0340. The molecule has 0 radical (unpaired) electrons. The van der Waals surface area contributed by atoms with Crippen molar-refractivity contribution >= 4 is 39.5 Å². The van der Waals surface area contributed by atoms with Crippen LogP contribution in [0.25, 0.3) is 0 Å². The fourth-order valence-electron chi connectivity index (χ4n) is 10.9. The molecule has 2 unspecified atom stereocenters. The molecule has 5 atom stereocenters. The average molecular weight is 1550 g/mol. The summed E-state index contributed by atoms with van der Waals surface area (Å²) in [6.45, 7) is 4.61. The summed E-state index contributed by atoms with van der Waals surface area (Å²) in [6, 6.07) is 0. The van der Waals surface area contributed by atoms with Crippen LogP contribution in [0.3, 0.4) is 0 Å². The quantitative estimate of drug-likeness (QED) is 0.0169. The van der Waals surface area contributed by atoms with E-state index in [4.69, 9.17) is 37.0 Å². The zero-order valence-corrected chi connectivity index (χ0v) is 69.5.